The fraction of sp³-hybridized carbons (Fsp3) is 0.105. The topological polar surface area (TPSA) is 97.2 Å². The van der Waals surface area contributed by atoms with E-state index in [9.17, 15) is 15.0 Å². The van der Waals surface area contributed by atoms with Crippen LogP contribution in [0.15, 0.2) is 46.0 Å². The van der Waals surface area contributed by atoms with E-state index in [2.05, 4.69) is 4.99 Å². The van der Waals surface area contributed by atoms with Crippen LogP contribution in [-0.4, -0.2) is 33.6 Å². The molecule has 3 heterocycles. The Labute approximate surface area is 168 Å². The maximum atomic E-state index is 11.7. The van der Waals surface area contributed by atoms with Gasteiger partial charge in [0.2, 0.25) is 5.88 Å². The van der Waals surface area contributed by atoms with Gasteiger partial charge in [-0.2, -0.15) is 0 Å². The third-order valence-electron chi connectivity index (χ3n) is 4.25. The predicted octanol–water partition coefficient (Wildman–Crippen LogP) is 4.35. The summed E-state index contributed by atoms with van der Waals surface area (Å²) < 4.78 is 12.5. The second-order valence-electron chi connectivity index (χ2n) is 5.93. The molecule has 0 saturated heterocycles. The summed E-state index contributed by atoms with van der Waals surface area (Å²) in [7, 11) is 1.53. The van der Waals surface area contributed by atoms with Crippen LogP contribution in [0.25, 0.3) is 11.6 Å². The summed E-state index contributed by atoms with van der Waals surface area (Å²) >= 11 is 6.54. The largest absolute Gasteiger partial charge is 0.497 e. The first-order chi connectivity index (χ1) is 13.5. The predicted molar refractivity (Wildman–Crippen MR) is 108 cm³/mol. The second-order valence-corrected chi connectivity index (χ2v) is 7.60. The van der Waals surface area contributed by atoms with Gasteiger partial charge in [0, 0.05) is 17.2 Å². The summed E-state index contributed by atoms with van der Waals surface area (Å²) in [5.74, 6) is 0.0243. The number of aromatic nitrogens is 1. The molecule has 1 aliphatic rings. The van der Waals surface area contributed by atoms with Crippen molar-refractivity contribution >= 4 is 52.6 Å². The molecule has 1 aromatic carbocycles. The average molecular weight is 414 g/mol. The summed E-state index contributed by atoms with van der Waals surface area (Å²) in [5.41, 5.74) is 1.46. The van der Waals surface area contributed by atoms with Crippen molar-refractivity contribution in [3.8, 4) is 11.6 Å². The van der Waals surface area contributed by atoms with Gasteiger partial charge in [-0.05, 0) is 42.6 Å². The van der Waals surface area contributed by atoms with Crippen molar-refractivity contribution in [2.24, 2.45) is 4.99 Å². The van der Waals surface area contributed by atoms with Gasteiger partial charge < -0.3 is 19.4 Å². The summed E-state index contributed by atoms with van der Waals surface area (Å²) in [6.45, 7) is 0.283. The van der Waals surface area contributed by atoms with E-state index in [1.807, 2.05) is 0 Å². The van der Waals surface area contributed by atoms with E-state index in [1.54, 1.807) is 42.7 Å². The van der Waals surface area contributed by atoms with E-state index < -0.39 is 5.97 Å². The first-order valence-electron chi connectivity index (χ1n) is 8.15. The zero-order valence-corrected chi connectivity index (χ0v) is 16.2. The molecule has 0 atom stereocenters. The van der Waals surface area contributed by atoms with Crippen molar-refractivity contribution in [2.75, 3.05) is 7.11 Å². The van der Waals surface area contributed by atoms with E-state index in [4.69, 9.17) is 21.4 Å². The molecule has 142 valence electrons. The molecule has 2 N–H and O–H groups in total. The van der Waals surface area contributed by atoms with E-state index in [1.165, 1.54) is 23.0 Å². The summed E-state index contributed by atoms with van der Waals surface area (Å²) in [4.78, 5) is 16.3. The van der Waals surface area contributed by atoms with Gasteiger partial charge in [-0.15, -0.1) is 11.3 Å². The van der Waals surface area contributed by atoms with Crippen LogP contribution >= 0.6 is 23.6 Å². The van der Waals surface area contributed by atoms with Crippen molar-refractivity contribution in [3.05, 3.63) is 56.8 Å². The first-order valence-corrected chi connectivity index (χ1v) is 9.38. The number of rotatable bonds is 5. The number of ether oxygens (including phenoxy) is 1. The van der Waals surface area contributed by atoms with Crippen LogP contribution in [0.4, 0.5) is 5.69 Å². The van der Waals surface area contributed by atoms with E-state index in [0.717, 1.165) is 0 Å². The number of hydrogen-bond acceptors (Lipinski definition) is 7. The van der Waals surface area contributed by atoms with Gasteiger partial charge in [0.15, 0.2) is 9.67 Å². The van der Waals surface area contributed by atoms with Crippen molar-refractivity contribution in [3.63, 3.8) is 0 Å². The highest BCUT2D eigenvalue weighted by Gasteiger charge is 2.27. The number of hydrogen-bond donors (Lipinski definition) is 2. The summed E-state index contributed by atoms with van der Waals surface area (Å²) in [6.07, 6.45) is 3.14. The molecule has 0 amide bonds. The summed E-state index contributed by atoms with van der Waals surface area (Å²) in [6, 6.07) is 8.69. The van der Waals surface area contributed by atoms with Gasteiger partial charge in [-0.1, -0.05) is 0 Å². The number of aliphatic carboxylic acids is 1. The van der Waals surface area contributed by atoms with Gasteiger partial charge in [-0.25, -0.2) is 9.79 Å². The van der Waals surface area contributed by atoms with E-state index in [-0.39, 0.29) is 18.1 Å². The van der Waals surface area contributed by atoms with E-state index >= 15 is 0 Å². The first kappa shape index (κ1) is 18.2. The highest BCUT2D eigenvalue weighted by Crippen LogP contribution is 2.40. The van der Waals surface area contributed by atoms with Gasteiger partial charge in [-0.3, -0.25) is 4.57 Å². The van der Waals surface area contributed by atoms with Crippen molar-refractivity contribution in [2.45, 2.75) is 6.54 Å². The third kappa shape index (κ3) is 3.14. The molecule has 4 rings (SSSR count). The lowest BCUT2D eigenvalue weighted by molar-refractivity contribution is -0.129. The standard InChI is InChI=1S/C19H14N2O5S2/c1-25-10-4-5-12-13(16(18(23)24)20-14(12)7-10)8-15-17(22)21(19(27)28-15)9-11-3-2-6-26-11/h2-8,22H,9H2,1H3,(H,23,24). The summed E-state index contributed by atoms with van der Waals surface area (Å²) in [5, 5.41) is 20.2. The van der Waals surface area contributed by atoms with Crippen LogP contribution in [0.3, 0.4) is 0 Å². The number of aromatic hydroxyl groups is 1. The third-order valence-corrected chi connectivity index (χ3v) is 5.63. The number of thiazole rings is 1. The molecule has 0 radical (unpaired) electrons. The van der Waals surface area contributed by atoms with Crippen LogP contribution < -0.4 is 4.74 Å². The lowest BCUT2D eigenvalue weighted by Gasteiger charge is -2.05. The molecule has 0 aliphatic carbocycles. The number of carbonyl (C=O) groups is 1. The number of methoxy groups -OCH3 is 1. The van der Waals surface area contributed by atoms with Crippen molar-refractivity contribution < 1.29 is 24.2 Å². The minimum Gasteiger partial charge on any atom is -0.497 e. The molecule has 0 unspecified atom stereocenters. The van der Waals surface area contributed by atoms with Crippen LogP contribution in [0.1, 0.15) is 16.2 Å². The Hall–Kier alpha value is -3.17. The van der Waals surface area contributed by atoms with Crippen LogP contribution in [-0.2, 0) is 11.3 Å². The van der Waals surface area contributed by atoms with Crippen molar-refractivity contribution in [1.29, 1.82) is 0 Å². The zero-order valence-electron chi connectivity index (χ0n) is 14.6. The van der Waals surface area contributed by atoms with Gasteiger partial charge in [0.05, 0.1) is 30.5 Å². The zero-order chi connectivity index (χ0) is 19.8. The number of benzene rings is 1. The smallest absolute Gasteiger partial charge is 0.355 e. The number of furan rings is 1. The highest BCUT2D eigenvalue weighted by atomic mass is 32.1. The molecule has 0 spiro atoms. The molecular formula is C19H14N2O5S2. The van der Waals surface area contributed by atoms with Gasteiger partial charge >= 0.3 is 5.97 Å². The lowest BCUT2D eigenvalue weighted by Crippen LogP contribution is -2.11. The molecule has 0 saturated carbocycles. The van der Waals surface area contributed by atoms with E-state index in [0.29, 0.717) is 37.2 Å². The Morgan fingerprint density at radius 1 is 1.43 bits per heavy atom. The van der Waals surface area contributed by atoms with Crippen LogP contribution in [0.2, 0.25) is 0 Å². The van der Waals surface area contributed by atoms with Gasteiger partial charge in [0.1, 0.15) is 11.5 Å². The van der Waals surface area contributed by atoms with Crippen LogP contribution in [0.5, 0.6) is 11.6 Å². The fourth-order valence-electron chi connectivity index (χ4n) is 2.91. The Balaban J connectivity index is 1.80. The SMILES string of the molecule is COc1ccc2c(c1)N=C(C(=O)O)C2=Cc1sc(=S)n(Cc2ccco2)c1O. The molecule has 1 aliphatic heterocycles. The Morgan fingerprint density at radius 2 is 2.25 bits per heavy atom. The average Bonchev–Trinajstić information content (AvgIpc) is 3.37. The lowest BCUT2D eigenvalue weighted by atomic mass is 10.0. The number of carboxylic acids is 1. The monoisotopic (exact) mass is 414 g/mol. The number of nitrogens with zero attached hydrogens (tertiary/aromatic N) is 2. The quantitative estimate of drug-likeness (QED) is 0.603. The minimum atomic E-state index is -1.15. The minimum absolute atomic E-state index is 0.0504. The normalized spacial score (nSPS) is 14.2. The molecule has 28 heavy (non-hydrogen) atoms. The molecular weight excluding hydrogens is 400 g/mol. The van der Waals surface area contributed by atoms with Gasteiger partial charge in [0.25, 0.3) is 0 Å². The molecule has 7 nitrogen and oxygen atoms in total. The number of carboxylic acid groups (broad SMARTS) is 1. The molecule has 3 aromatic rings. The Morgan fingerprint density at radius 3 is 2.93 bits per heavy atom. The van der Waals surface area contributed by atoms with Crippen molar-refractivity contribution in [1.82, 2.24) is 4.57 Å². The fourth-order valence-corrected chi connectivity index (χ4v) is 4.16. The Bertz CT molecular complexity index is 1190. The molecule has 0 fully saturated rings. The Kier molecular flexibility index (Phi) is 4.62. The van der Waals surface area contributed by atoms with Crippen LogP contribution in [0, 0.1) is 3.95 Å². The molecule has 0 bridgehead atoms. The highest BCUT2D eigenvalue weighted by molar-refractivity contribution is 7.73. The number of aliphatic imine (C=N–C) groups is 1. The maximum absolute atomic E-state index is 11.7. The second kappa shape index (κ2) is 7.10. The number of fused-ring (bicyclic) bond motifs is 1. The molecule has 2 aromatic heterocycles. The molecule has 9 heteroatoms. The maximum Gasteiger partial charge on any atom is 0.355 e.